The predicted molar refractivity (Wildman–Crippen MR) is 73.4 cm³/mol. The second-order valence-electron chi connectivity index (χ2n) is 5.19. The van der Waals surface area contributed by atoms with Gasteiger partial charge in [0, 0.05) is 5.41 Å². The van der Waals surface area contributed by atoms with E-state index >= 15 is 0 Å². The molecule has 6 heteroatoms. The van der Waals surface area contributed by atoms with Gasteiger partial charge < -0.3 is 4.74 Å². The zero-order valence-corrected chi connectivity index (χ0v) is 12.3. The summed E-state index contributed by atoms with van der Waals surface area (Å²) in [7, 11) is -3.52. The van der Waals surface area contributed by atoms with Crippen LogP contribution >= 0.6 is 11.6 Å². The molecule has 0 amide bonds. The normalized spacial score (nSPS) is 12.5. The first-order valence-electron chi connectivity index (χ1n) is 5.48. The quantitative estimate of drug-likeness (QED) is 0.905. The largest absolute Gasteiger partial charge is 0.491 e. The minimum absolute atomic E-state index is 0.135. The minimum atomic E-state index is -3.52. The molecular formula is C12H18ClNO3S. The lowest BCUT2D eigenvalue weighted by molar-refractivity contribution is 0.200. The molecule has 2 N–H and O–H groups in total. The maximum absolute atomic E-state index is 11.1. The average Bonchev–Trinajstić information content (AvgIpc) is 2.16. The Balaban J connectivity index is 2.72. The van der Waals surface area contributed by atoms with Gasteiger partial charge in [-0.1, -0.05) is 31.5 Å². The van der Waals surface area contributed by atoms with E-state index in [0.717, 1.165) is 5.56 Å². The third kappa shape index (κ3) is 5.25. The summed E-state index contributed by atoms with van der Waals surface area (Å²) in [5.41, 5.74) is 0.458. The van der Waals surface area contributed by atoms with Crippen LogP contribution in [0.5, 0.6) is 5.75 Å². The molecule has 0 aromatic heterocycles. The van der Waals surface area contributed by atoms with Crippen LogP contribution in [0.4, 0.5) is 0 Å². The van der Waals surface area contributed by atoms with E-state index in [-0.39, 0.29) is 12.4 Å². The maximum Gasteiger partial charge on any atom is 0.209 e. The van der Waals surface area contributed by atoms with Gasteiger partial charge in [-0.15, -0.1) is 0 Å². The number of ether oxygens (including phenoxy) is 1. The first kappa shape index (κ1) is 15.3. The van der Waals surface area contributed by atoms with Gasteiger partial charge >= 0.3 is 0 Å². The molecule has 1 rings (SSSR count). The number of rotatable bonds is 5. The zero-order chi connectivity index (χ0) is 14.0. The summed E-state index contributed by atoms with van der Waals surface area (Å²) in [4.78, 5) is 0. The average molecular weight is 292 g/mol. The van der Waals surface area contributed by atoms with E-state index in [1.165, 1.54) is 0 Å². The van der Waals surface area contributed by atoms with Crippen molar-refractivity contribution < 1.29 is 13.2 Å². The number of hydrogen-bond donors (Lipinski definition) is 1. The second-order valence-corrected chi connectivity index (χ2v) is 7.22. The van der Waals surface area contributed by atoms with Gasteiger partial charge in [-0.25, -0.2) is 13.6 Å². The van der Waals surface area contributed by atoms with Crippen molar-refractivity contribution in [2.45, 2.75) is 20.8 Å². The summed E-state index contributed by atoms with van der Waals surface area (Å²) >= 11 is 5.99. The Hall–Kier alpha value is -0.780. The second kappa shape index (κ2) is 5.47. The number of primary sulfonamides is 1. The summed E-state index contributed by atoms with van der Waals surface area (Å²) in [6.07, 6.45) is 0. The molecule has 0 saturated heterocycles. The van der Waals surface area contributed by atoms with E-state index in [1.807, 2.05) is 19.1 Å². The summed E-state index contributed by atoms with van der Waals surface area (Å²) in [5.74, 6) is 0.419. The Morgan fingerprint density at radius 2 is 2.00 bits per heavy atom. The van der Waals surface area contributed by atoms with Crippen LogP contribution in [0.1, 0.15) is 19.4 Å². The van der Waals surface area contributed by atoms with Crippen molar-refractivity contribution >= 4 is 21.6 Å². The molecule has 18 heavy (non-hydrogen) atoms. The minimum Gasteiger partial charge on any atom is -0.491 e. The van der Waals surface area contributed by atoms with Crippen LogP contribution in [0.15, 0.2) is 18.2 Å². The number of sulfonamides is 1. The SMILES string of the molecule is Cc1ccc(Cl)c(OCC(C)(C)CS(N)(=O)=O)c1. The van der Waals surface area contributed by atoms with E-state index in [2.05, 4.69) is 0 Å². The van der Waals surface area contributed by atoms with E-state index in [9.17, 15) is 8.42 Å². The molecule has 0 spiro atoms. The van der Waals surface area contributed by atoms with Gasteiger partial charge in [0.15, 0.2) is 0 Å². The Bertz CT molecular complexity index is 526. The van der Waals surface area contributed by atoms with Crippen LogP contribution in [0.2, 0.25) is 5.02 Å². The molecule has 0 aliphatic carbocycles. The molecule has 4 nitrogen and oxygen atoms in total. The molecule has 0 radical (unpaired) electrons. The molecule has 1 aromatic rings. The fourth-order valence-electron chi connectivity index (χ4n) is 1.58. The van der Waals surface area contributed by atoms with Crippen molar-refractivity contribution in [3.63, 3.8) is 0 Å². The van der Waals surface area contributed by atoms with Gasteiger partial charge in [0.1, 0.15) is 5.75 Å². The summed E-state index contributed by atoms with van der Waals surface area (Å²) in [6.45, 7) is 5.72. The third-order valence-electron chi connectivity index (χ3n) is 2.30. The van der Waals surface area contributed by atoms with Crippen molar-refractivity contribution in [3.05, 3.63) is 28.8 Å². The molecule has 0 aliphatic rings. The highest BCUT2D eigenvalue weighted by Gasteiger charge is 2.25. The molecular weight excluding hydrogens is 274 g/mol. The van der Waals surface area contributed by atoms with Gasteiger partial charge in [-0.2, -0.15) is 0 Å². The lowest BCUT2D eigenvalue weighted by atomic mass is 9.98. The molecule has 1 aromatic carbocycles. The fourth-order valence-corrected chi connectivity index (χ4v) is 2.93. The van der Waals surface area contributed by atoms with Crippen LogP contribution in [0, 0.1) is 12.3 Å². The first-order valence-corrected chi connectivity index (χ1v) is 7.58. The van der Waals surface area contributed by atoms with E-state index in [0.29, 0.717) is 10.8 Å². The highest BCUT2D eigenvalue weighted by molar-refractivity contribution is 7.89. The standard InChI is InChI=1S/C12H18ClNO3S/c1-9-4-5-10(13)11(6-9)17-7-12(2,3)8-18(14,15)16/h4-6H,7-8H2,1-3H3,(H2,14,15,16). The van der Waals surface area contributed by atoms with E-state index in [4.69, 9.17) is 21.5 Å². The first-order chi connectivity index (χ1) is 8.09. The molecule has 0 atom stereocenters. The number of benzene rings is 1. The maximum atomic E-state index is 11.1. The summed E-state index contributed by atoms with van der Waals surface area (Å²) in [6, 6.07) is 5.44. The molecule has 0 bridgehead atoms. The Kier molecular flexibility index (Phi) is 4.64. The highest BCUT2D eigenvalue weighted by Crippen LogP contribution is 2.27. The van der Waals surface area contributed by atoms with Crippen molar-refractivity contribution in [3.8, 4) is 5.75 Å². The van der Waals surface area contributed by atoms with Crippen LogP contribution in [-0.4, -0.2) is 20.8 Å². The molecule has 0 heterocycles. The molecule has 0 unspecified atom stereocenters. The Morgan fingerprint density at radius 1 is 1.39 bits per heavy atom. The Morgan fingerprint density at radius 3 is 2.56 bits per heavy atom. The van der Waals surface area contributed by atoms with Gasteiger partial charge in [0.05, 0.1) is 17.4 Å². The highest BCUT2D eigenvalue weighted by atomic mass is 35.5. The number of nitrogens with two attached hydrogens (primary N) is 1. The third-order valence-corrected chi connectivity index (χ3v) is 3.79. The molecule has 0 aliphatic heterocycles. The lowest BCUT2D eigenvalue weighted by Crippen LogP contribution is -2.33. The zero-order valence-electron chi connectivity index (χ0n) is 10.7. The molecule has 0 fully saturated rings. The van der Waals surface area contributed by atoms with Crippen LogP contribution in [0.3, 0.4) is 0 Å². The fraction of sp³-hybridized carbons (Fsp3) is 0.500. The lowest BCUT2D eigenvalue weighted by Gasteiger charge is -2.23. The van der Waals surface area contributed by atoms with Crippen LogP contribution in [0.25, 0.3) is 0 Å². The van der Waals surface area contributed by atoms with Crippen LogP contribution < -0.4 is 9.88 Å². The van der Waals surface area contributed by atoms with Crippen molar-refractivity contribution in [2.75, 3.05) is 12.4 Å². The van der Waals surface area contributed by atoms with E-state index < -0.39 is 15.4 Å². The van der Waals surface area contributed by atoms with E-state index in [1.54, 1.807) is 19.9 Å². The summed E-state index contributed by atoms with van der Waals surface area (Å²) < 4.78 is 27.7. The summed E-state index contributed by atoms with van der Waals surface area (Å²) in [5, 5.41) is 5.54. The van der Waals surface area contributed by atoms with Crippen molar-refractivity contribution in [1.29, 1.82) is 0 Å². The molecule has 102 valence electrons. The Labute approximate surface area is 113 Å². The van der Waals surface area contributed by atoms with Crippen LogP contribution in [-0.2, 0) is 10.0 Å². The number of aryl methyl sites for hydroxylation is 1. The predicted octanol–water partition coefficient (Wildman–Crippen LogP) is 2.34. The van der Waals surface area contributed by atoms with Gasteiger partial charge in [-0.3, -0.25) is 0 Å². The number of hydrogen-bond acceptors (Lipinski definition) is 3. The smallest absolute Gasteiger partial charge is 0.209 e. The van der Waals surface area contributed by atoms with Crippen molar-refractivity contribution in [1.82, 2.24) is 0 Å². The van der Waals surface area contributed by atoms with Gasteiger partial charge in [0.2, 0.25) is 10.0 Å². The van der Waals surface area contributed by atoms with Gasteiger partial charge in [0.25, 0.3) is 0 Å². The topological polar surface area (TPSA) is 69.4 Å². The van der Waals surface area contributed by atoms with Gasteiger partial charge in [-0.05, 0) is 24.6 Å². The van der Waals surface area contributed by atoms with Crippen molar-refractivity contribution in [2.24, 2.45) is 10.6 Å². The molecule has 0 saturated carbocycles. The monoisotopic (exact) mass is 291 g/mol. The number of halogens is 1.